The number of hydrogen-bond acceptors (Lipinski definition) is 6. The van der Waals surface area contributed by atoms with E-state index >= 15 is 0 Å². The van der Waals surface area contributed by atoms with Crippen molar-refractivity contribution in [3.63, 3.8) is 0 Å². The molecule has 1 rings (SSSR count). The van der Waals surface area contributed by atoms with Crippen molar-refractivity contribution in [2.45, 2.75) is 58.5 Å². The Labute approximate surface area is 189 Å². The summed E-state index contributed by atoms with van der Waals surface area (Å²) in [6, 6.07) is 1.20. The van der Waals surface area contributed by atoms with Crippen LogP contribution in [-0.4, -0.2) is 30.3 Å². The van der Waals surface area contributed by atoms with Crippen LogP contribution in [-0.2, 0) is 4.74 Å². The van der Waals surface area contributed by atoms with Crippen LogP contribution in [0.15, 0.2) is 50.9 Å². The van der Waals surface area contributed by atoms with Gasteiger partial charge in [-0.15, -0.1) is 0 Å². The third-order valence-corrected chi connectivity index (χ3v) is 4.71. The molecule has 7 nitrogen and oxygen atoms in total. The van der Waals surface area contributed by atoms with Crippen molar-refractivity contribution < 1.29 is 37.0 Å². The molecule has 1 amide bonds. The molecule has 1 heterocycles. The van der Waals surface area contributed by atoms with Gasteiger partial charge in [0.25, 0.3) is 0 Å². The van der Waals surface area contributed by atoms with Gasteiger partial charge in [0.05, 0.1) is 7.11 Å². The molecule has 1 aromatic heterocycles. The Hall–Kier alpha value is -3.30. The van der Waals surface area contributed by atoms with Gasteiger partial charge >= 0.3 is 17.9 Å². The van der Waals surface area contributed by atoms with Crippen molar-refractivity contribution in [3.05, 3.63) is 63.4 Å². The Bertz CT molecular complexity index is 989. The highest BCUT2D eigenvalue weighted by Crippen LogP contribution is 2.26. The molecule has 0 saturated carbocycles. The largest absolute Gasteiger partial charge is 0.507 e. The lowest BCUT2D eigenvalue weighted by Gasteiger charge is -2.11. The molecule has 0 aromatic carbocycles. The van der Waals surface area contributed by atoms with E-state index in [2.05, 4.69) is 10.1 Å². The first-order chi connectivity index (χ1) is 15.4. The van der Waals surface area contributed by atoms with E-state index in [4.69, 9.17) is 4.42 Å². The zero-order valence-electron chi connectivity index (χ0n) is 18.9. The fourth-order valence-electron chi connectivity index (χ4n) is 2.67. The second-order valence-electron chi connectivity index (χ2n) is 7.52. The van der Waals surface area contributed by atoms with Crippen LogP contribution in [0.3, 0.4) is 0 Å². The summed E-state index contributed by atoms with van der Waals surface area (Å²) < 4.78 is 46.5. The molecule has 10 heteroatoms. The van der Waals surface area contributed by atoms with Crippen molar-refractivity contribution in [2.75, 3.05) is 7.11 Å². The number of ether oxygens (including phenoxy) is 1. The maximum absolute atomic E-state index is 12.6. The molecule has 182 valence electrons. The number of amides is 1. The Morgan fingerprint density at radius 3 is 2.52 bits per heavy atom. The van der Waals surface area contributed by atoms with Crippen molar-refractivity contribution >= 4 is 11.9 Å². The summed E-state index contributed by atoms with van der Waals surface area (Å²) in [4.78, 5) is 35.9. The minimum absolute atomic E-state index is 0.0630. The third kappa shape index (κ3) is 9.80. The van der Waals surface area contributed by atoms with E-state index in [-0.39, 0.29) is 23.7 Å². The van der Waals surface area contributed by atoms with E-state index in [0.717, 1.165) is 0 Å². The molecule has 0 aliphatic carbocycles. The van der Waals surface area contributed by atoms with Crippen LogP contribution >= 0.6 is 0 Å². The highest BCUT2D eigenvalue weighted by atomic mass is 19.4. The van der Waals surface area contributed by atoms with E-state index in [1.807, 2.05) is 0 Å². The van der Waals surface area contributed by atoms with Gasteiger partial charge in [0.2, 0.25) is 0 Å². The molecule has 1 unspecified atom stereocenters. The number of carbonyl (C=O) groups is 2. The van der Waals surface area contributed by atoms with Crippen molar-refractivity contribution in [1.29, 1.82) is 0 Å². The van der Waals surface area contributed by atoms with Crippen LogP contribution in [0, 0.1) is 0 Å². The van der Waals surface area contributed by atoms with Crippen LogP contribution in [0.1, 0.15) is 68.5 Å². The molecule has 0 bridgehead atoms. The van der Waals surface area contributed by atoms with E-state index in [0.29, 0.717) is 18.4 Å². The minimum atomic E-state index is -4.27. The highest BCUT2D eigenvalue weighted by molar-refractivity contribution is 6.09. The molecule has 1 aromatic rings. The Kier molecular flexibility index (Phi) is 10.6. The minimum Gasteiger partial charge on any atom is -0.507 e. The summed E-state index contributed by atoms with van der Waals surface area (Å²) in [5, 5.41) is 12.6. The molecule has 2 N–H and O–H groups in total. The maximum atomic E-state index is 12.6. The molecular formula is C23H28F3NO6. The lowest BCUT2D eigenvalue weighted by Crippen LogP contribution is -2.17. The van der Waals surface area contributed by atoms with Gasteiger partial charge in [0, 0.05) is 24.6 Å². The van der Waals surface area contributed by atoms with Gasteiger partial charge in [0.15, 0.2) is 5.78 Å². The Morgan fingerprint density at radius 2 is 1.94 bits per heavy atom. The van der Waals surface area contributed by atoms with Gasteiger partial charge in [-0.25, -0.2) is 9.59 Å². The van der Waals surface area contributed by atoms with Crippen LogP contribution in [0.5, 0.6) is 5.75 Å². The lowest BCUT2D eigenvalue weighted by atomic mass is 9.99. The van der Waals surface area contributed by atoms with Crippen LogP contribution in [0.25, 0.3) is 0 Å². The molecule has 0 aliphatic rings. The number of alkyl halides is 3. The normalized spacial score (nSPS) is 13.8. The Balaban J connectivity index is 2.88. The lowest BCUT2D eigenvalue weighted by molar-refractivity contribution is -0.133. The van der Waals surface area contributed by atoms with Crippen molar-refractivity contribution in [3.8, 4) is 5.75 Å². The summed E-state index contributed by atoms with van der Waals surface area (Å²) >= 11 is 0. The molecule has 0 aliphatic heterocycles. The summed E-state index contributed by atoms with van der Waals surface area (Å²) in [6.45, 7) is 4.66. The number of Topliss-reactive ketones (excluding diaryl/α,β-unsaturated/α-hetero) is 1. The number of carbonyl (C=O) groups excluding carboxylic acids is 2. The summed E-state index contributed by atoms with van der Waals surface area (Å²) in [7, 11) is 1.24. The zero-order chi connectivity index (χ0) is 25.2. The highest BCUT2D eigenvalue weighted by Gasteiger charge is 2.26. The number of alkyl carbamates (subject to hydrolysis) is 1. The zero-order valence-corrected chi connectivity index (χ0v) is 18.9. The van der Waals surface area contributed by atoms with Crippen LogP contribution < -0.4 is 10.9 Å². The topological polar surface area (TPSA) is 106 Å². The van der Waals surface area contributed by atoms with E-state index in [9.17, 15) is 32.7 Å². The van der Waals surface area contributed by atoms with Gasteiger partial charge in [-0.1, -0.05) is 30.7 Å². The van der Waals surface area contributed by atoms with Crippen LogP contribution in [0.4, 0.5) is 18.0 Å². The Morgan fingerprint density at radius 1 is 1.27 bits per heavy atom. The fourth-order valence-corrected chi connectivity index (χ4v) is 2.67. The number of nitrogens with one attached hydrogen (secondary N) is 1. The number of halogens is 3. The van der Waals surface area contributed by atoms with Gasteiger partial charge < -0.3 is 14.3 Å². The van der Waals surface area contributed by atoms with Gasteiger partial charge in [-0.05, 0) is 38.7 Å². The summed E-state index contributed by atoms with van der Waals surface area (Å²) in [5.41, 5.74) is -1.07. The number of methoxy groups -OCH3 is 1. The average molecular weight is 471 g/mol. The molecule has 0 radical (unpaired) electrons. The number of aromatic hydroxyl groups is 1. The molecule has 0 fully saturated rings. The number of hydrogen-bond donors (Lipinski definition) is 2. The predicted molar refractivity (Wildman–Crippen MR) is 116 cm³/mol. The fraction of sp³-hybridized carbons (Fsp3) is 0.435. The van der Waals surface area contributed by atoms with E-state index in [1.165, 1.54) is 45.4 Å². The second kappa shape index (κ2) is 12.7. The van der Waals surface area contributed by atoms with Crippen LogP contribution in [0.2, 0.25) is 0 Å². The molecule has 1 atom stereocenters. The molecular weight excluding hydrogens is 443 g/mol. The van der Waals surface area contributed by atoms with Crippen molar-refractivity contribution in [1.82, 2.24) is 5.32 Å². The van der Waals surface area contributed by atoms with Gasteiger partial charge in [-0.3, -0.25) is 10.1 Å². The average Bonchev–Trinajstić information content (AvgIpc) is 2.74. The number of rotatable bonds is 10. The molecule has 33 heavy (non-hydrogen) atoms. The monoisotopic (exact) mass is 471 g/mol. The number of ketones is 1. The molecule has 0 spiro atoms. The standard InChI is InChI=1S/C23H28F3NO6/c1-14(10-11-23(24,25)26)8-9-16(3)20(29)19-17(28)13-18(33-21(19)30)15(2)7-5-6-12-27-22(31)32-4/h6,8-9,12-13,15,28H,5,7,10-11H2,1-4H3,(H,27,31)/b12-6+,14-8-,16-9+. The van der Waals surface area contributed by atoms with Gasteiger partial charge in [-0.2, -0.15) is 13.2 Å². The third-order valence-electron chi connectivity index (χ3n) is 4.71. The number of allylic oxidation sites excluding steroid dienone is 5. The predicted octanol–water partition coefficient (Wildman–Crippen LogP) is 5.52. The SMILES string of the molecule is COC(=O)N/C=C/CCC(C)c1cc(O)c(C(=O)/C(C)=C/C=C(/C)CCC(F)(F)F)c(=O)o1. The first-order valence-electron chi connectivity index (χ1n) is 10.2. The first kappa shape index (κ1) is 27.7. The van der Waals surface area contributed by atoms with Gasteiger partial charge in [0.1, 0.15) is 17.1 Å². The second-order valence-corrected chi connectivity index (χ2v) is 7.52. The smallest absolute Gasteiger partial charge is 0.410 e. The maximum Gasteiger partial charge on any atom is 0.410 e. The summed E-state index contributed by atoms with van der Waals surface area (Å²) in [6.07, 6.45) is 0.760. The summed E-state index contributed by atoms with van der Waals surface area (Å²) in [5.74, 6) is -1.40. The molecule has 0 saturated heterocycles. The van der Waals surface area contributed by atoms with Crippen molar-refractivity contribution in [2.24, 2.45) is 0 Å². The first-order valence-corrected chi connectivity index (χ1v) is 10.2. The quantitative estimate of drug-likeness (QED) is 0.265. The van der Waals surface area contributed by atoms with E-state index in [1.54, 1.807) is 13.0 Å². The van der Waals surface area contributed by atoms with E-state index < -0.39 is 41.4 Å².